The Bertz CT molecular complexity index is 560. The van der Waals surface area contributed by atoms with Crippen molar-refractivity contribution in [2.45, 2.75) is 18.3 Å². The number of rotatable bonds is 5. The van der Waals surface area contributed by atoms with E-state index >= 15 is 0 Å². The van der Waals surface area contributed by atoms with Gasteiger partial charge in [0, 0.05) is 4.47 Å². The van der Waals surface area contributed by atoms with Crippen molar-refractivity contribution in [2.75, 3.05) is 6.61 Å². The number of halogens is 1. The number of aliphatic hydroxyl groups is 4. The third-order valence-corrected chi connectivity index (χ3v) is 3.30. The maximum atomic E-state index is 9.85. The van der Waals surface area contributed by atoms with Crippen molar-refractivity contribution >= 4 is 15.9 Å². The molecule has 0 bridgehead atoms. The average molecular weight is 344 g/mol. The second-order valence-corrected chi connectivity index (χ2v) is 5.14. The Morgan fingerprint density at radius 2 is 1.80 bits per heavy atom. The average Bonchev–Trinajstić information content (AvgIpc) is 2.95. The minimum atomic E-state index is -1.53. The van der Waals surface area contributed by atoms with E-state index in [-0.39, 0.29) is 5.69 Å². The van der Waals surface area contributed by atoms with E-state index in [4.69, 9.17) is 5.11 Å². The van der Waals surface area contributed by atoms with Crippen LogP contribution >= 0.6 is 15.9 Å². The van der Waals surface area contributed by atoms with E-state index in [9.17, 15) is 15.3 Å². The van der Waals surface area contributed by atoms with Crippen LogP contribution in [0, 0.1) is 0 Å². The zero-order chi connectivity index (χ0) is 14.7. The van der Waals surface area contributed by atoms with Gasteiger partial charge < -0.3 is 20.4 Å². The molecule has 1 aromatic heterocycles. The molecule has 3 atom stereocenters. The fraction of sp³-hybridized carbons (Fsp3) is 0.333. The van der Waals surface area contributed by atoms with Crippen molar-refractivity contribution in [2.24, 2.45) is 0 Å². The Balaban J connectivity index is 2.18. The molecule has 1 aromatic carbocycles. The fourth-order valence-electron chi connectivity index (χ4n) is 1.60. The summed E-state index contributed by atoms with van der Waals surface area (Å²) in [5.74, 6) is 0. The molecule has 2 aromatic rings. The second-order valence-electron chi connectivity index (χ2n) is 4.22. The molecule has 0 saturated carbocycles. The first kappa shape index (κ1) is 15.1. The molecule has 0 spiro atoms. The van der Waals surface area contributed by atoms with Crippen LogP contribution in [-0.4, -0.2) is 54.2 Å². The van der Waals surface area contributed by atoms with Crippen molar-refractivity contribution in [3.8, 4) is 5.69 Å². The van der Waals surface area contributed by atoms with Crippen molar-refractivity contribution in [3.05, 3.63) is 40.6 Å². The predicted molar refractivity (Wildman–Crippen MR) is 73.1 cm³/mol. The van der Waals surface area contributed by atoms with Crippen LogP contribution in [0.15, 0.2) is 34.9 Å². The first-order chi connectivity index (χ1) is 9.52. The first-order valence-electron chi connectivity index (χ1n) is 5.86. The van der Waals surface area contributed by atoms with E-state index in [0.717, 1.165) is 4.47 Å². The molecule has 0 saturated heterocycles. The van der Waals surface area contributed by atoms with Crippen molar-refractivity contribution in [1.82, 2.24) is 15.0 Å². The van der Waals surface area contributed by atoms with Crippen LogP contribution in [0.25, 0.3) is 5.69 Å². The lowest BCUT2D eigenvalue weighted by molar-refractivity contribution is -0.0790. The van der Waals surface area contributed by atoms with E-state index < -0.39 is 24.9 Å². The van der Waals surface area contributed by atoms with Crippen LogP contribution < -0.4 is 0 Å². The number of hydrogen-bond donors (Lipinski definition) is 4. The highest BCUT2D eigenvalue weighted by Gasteiger charge is 2.27. The first-order valence-corrected chi connectivity index (χ1v) is 6.65. The molecule has 0 aliphatic rings. The molecule has 0 fully saturated rings. The zero-order valence-electron chi connectivity index (χ0n) is 10.3. The van der Waals surface area contributed by atoms with Crippen LogP contribution in [0.4, 0.5) is 0 Å². The Morgan fingerprint density at radius 1 is 1.15 bits per heavy atom. The van der Waals surface area contributed by atoms with Crippen LogP contribution in [-0.2, 0) is 0 Å². The summed E-state index contributed by atoms with van der Waals surface area (Å²) in [4.78, 5) is 1.29. The maximum Gasteiger partial charge on any atom is 0.128 e. The Hall–Kier alpha value is -1.32. The molecule has 1 heterocycles. The molecular formula is C12H14BrN3O4. The van der Waals surface area contributed by atoms with Gasteiger partial charge in [0.1, 0.15) is 24.0 Å². The van der Waals surface area contributed by atoms with Gasteiger partial charge in [-0.25, -0.2) is 0 Å². The van der Waals surface area contributed by atoms with Crippen LogP contribution in [0.5, 0.6) is 0 Å². The van der Waals surface area contributed by atoms with E-state index in [1.807, 2.05) is 12.1 Å². The van der Waals surface area contributed by atoms with E-state index in [1.54, 1.807) is 12.1 Å². The van der Waals surface area contributed by atoms with Crippen molar-refractivity contribution in [3.63, 3.8) is 0 Å². The van der Waals surface area contributed by atoms with Crippen LogP contribution in [0.1, 0.15) is 11.8 Å². The van der Waals surface area contributed by atoms with E-state index in [2.05, 4.69) is 26.1 Å². The quantitative estimate of drug-likeness (QED) is 0.597. The topological polar surface area (TPSA) is 112 Å². The lowest BCUT2D eigenvalue weighted by Gasteiger charge is -2.19. The van der Waals surface area contributed by atoms with E-state index in [1.165, 1.54) is 11.0 Å². The number of aliphatic hydroxyl groups excluding tert-OH is 4. The van der Waals surface area contributed by atoms with Crippen molar-refractivity contribution in [1.29, 1.82) is 0 Å². The number of hydrogen-bond acceptors (Lipinski definition) is 6. The molecule has 20 heavy (non-hydrogen) atoms. The second kappa shape index (κ2) is 6.42. The summed E-state index contributed by atoms with van der Waals surface area (Å²) in [5.41, 5.74) is 0.789. The van der Waals surface area contributed by atoms with Gasteiger partial charge in [0.2, 0.25) is 0 Å². The smallest absolute Gasteiger partial charge is 0.128 e. The summed E-state index contributed by atoms with van der Waals surface area (Å²) in [6, 6.07) is 7.19. The van der Waals surface area contributed by atoms with Gasteiger partial charge in [-0.2, -0.15) is 15.0 Å². The molecule has 0 aliphatic heterocycles. The highest BCUT2D eigenvalue weighted by Crippen LogP contribution is 2.18. The highest BCUT2D eigenvalue weighted by atomic mass is 79.9. The summed E-state index contributed by atoms with van der Waals surface area (Å²) >= 11 is 3.31. The van der Waals surface area contributed by atoms with Gasteiger partial charge in [0.05, 0.1) is 18.5 Å². The van der Waals surface area contributed by atoms with Gasteiger partial charge >= 0.3 is 0 Å². The zero-order valence-corrected chi connectivity index (χ0v) is 11.9. The number of nitrogens with zero attached hydrogens (tertiary/aromatic N) is 3. The summed E-state index contributed by atoms with van der Waals surface area (Å²) in [6.07, 6.45) is -3.11. The van der Waals surface area contributed by atoms with Gasteiger partial charge in [0.15, 0.2) is 0 Å². The summed E-state index contributed by atoms with van der Waals surface area (Å²) < 4.78 is 0.912. The van der Waals surface area contributed by atoms with E-state index in [0.29, 0.717) is 5.69 Å². The largest absolute Gasteiger partial charge is 0.394 e. The highest BCUT2D eigenvalue weighted by molar-refractivity contribution is 9.10. The normalized spacial score (nSPS) is 15.8. The van der Waals surface area contributed by atoms with Gasteiger partial charge in [-0.05, 0) is 24.3 Å². The monoisotopic (exact) mass is 343 g/mol. The molecule has 7 nitrogen and oxygen atoms in total. The number of benzene rings is 1. The molecule has 108 valence electrons. The minimum absolute atomic E-state index is 0.105. The standard InChI is InChI=1S/C12H14BrN3O4/c13-7-1-3-8(4-2-7)16-14-5-9(15-16)11(19)12(20)10(18)6-17/h1-5,10-12,17-20H,6H2/t10-,11-,12-/m1/s1. The number of aromatic nitrogens is 3. The molecule has 2 rings (SSSR count). The molecule has 0 radical (unpaired) electrons. The van der Waals surface area contributed by atoms with Gasteiger partial charge in [-0.1, -0.05) is 15.9 Å². The Kier molecular flexibility index (Phi) is 4.84. The predicted octanol–water partition coefficient (Wildman–Crippen LogP) is -0.223. The molecule has 0 aliphatic carbocycles. The van der Waals surface area contributed by atoms with Crippen LogP contribution in [0.3, 0.4) is 0 Å². The molecule has 0 unspecified atom stereocenters. The summed E-state index contributed by atoms with van der Waals surface area (Å²) in [6.45, 7) is -0.654. The molecule has 8 heteroatoms. The summed E-state index contributed by atoms with van der Waals surface area (Å²) in [5, 5.41) is 45.5. The minimum Gasteiger partial charge on any atom is -0.394 e. The molecule has 4 N–H and O–H groups in total. The van der Waals surface area contributed by atoms with Gasteiger partial charge in [-0.15, -0.1) is 0 Å². The Labute approximate surface area is 123 Å². The SMILES string of the molecule is OC[C@@H](O)[C@@H](O)[C@H](O)c1cnn(-c2ccc(Br)cc2)n1. The molecular weight excluding hydrogens is 330 g/mol. The van der Waals surface area contributed by atoms with Crippen molar-refractivity contribution < 1.29 is 20.4 Å². The fourth-order valence-corrected chi connectivity index (χ4v) is 1.87. The lowest BCUT2D eigenvalue weighted by Crippen LogP contribution is -2.34. The molecule has 0 amide bonds. The van der Waals surface area contributed by atoms with Gasteiger partial charge in [0.25, 0.3) is 0 Å². The lowest BCUT2D eigenvalue weighted by atomic mass is 10.1. The summed E-state index contributed by atoms with van der Waals surface area (Å²) in [7, 11) is 0. The van der Waals surface area contributed by atoms with Crippen LogP contribution in [0.2, 0.25) is 0 Å². The Morgan fingerprint density at radius 3 is 2.40 bits per heavy atom. The third-order valence-electron chi connectivity index (χ3n) is 2.77. The van der Waals surface area contributed by atoms with Gasteiger partial charge in [-0.3, -0.25) is 0 Å². The third kappa shape index (κ3) is 3.22. The maximum absolute atomic E-state index is 9.85.